The summed E-state index contributed by atoms with van der Waals surface area (Å²) in [6, 6.07) is 0. The van der Waals surface area contributed by atoms with Crippen LogP contribution < -0.4 is 10.0 Å². The second-order valence-corrected chi connectivity index (χ2v) is 6.70. The molecule has 0 aromatic carbocycles. The van der Waals surface area contributed by atoms with E-state index in [1.807, 2.05) is 13.8 Å². The van der Waals surface area contributed by atoms with Crippen molar-refractivity contribution in [1.29, 1.82) is 0 Å². The Labute approximate surface area is 157 Å². The summed E-state index contributed by atoms with van der Waals surface area (Å²) in [6.45, 7) is 13.8. The van der Waals surface area contributed by atoms with Crippen molar-refractivity contribution in [1.82, 2.24) is 10.0 Å². The van der Waals surface area contributed by atoms with Crippen LogP contribution in [0.4, 0.5) is 0 Å². The van der Waals surface area contributed by atoms with Gasteiger partial charge in [-0.2, -0.15) is 0 Å². The molecule has 9 heteroatoms. The van der Waals surface area contributed by atoms with Crippen molar-refractivity contribution in [3.63, 3.8) is 0 Å². The lowest BCUT2D eigenvalue weighted by Gasteiger charge is -2.08. The van der Waals surface area contributed by atoms with E-state index in [-0.39, 0.29) is 15.2 Å². The van der Waals surface area contributed by atoms with Crippen LogP contribution in [-0.2, 0) is 29.0 Å². The van der Waals surface area contributed by atoms with E-state index in [0.29, 0.717) is 52.9 Å². The number of hydrogen-bond acceptors (Lipinski definition) is 7. The van der Waals surface area contributed by atoms with Gasteiger partial charge in [-0.1, -0.05) is 20.8 Å². The van der Waals surface area contributed by atoms with Gasteiger partial charge in [-0.3, -0.25) is 0 Å². The molecule has 0 saturated heterocycles. The number of nitrogens with one attached hydrogen (secondary N) is 2. The van der Waals surface area contributed by atoms with Crippen LogP contribution in [0, 0.1) is 0 Å². The second kappa shape index (κ2) is 21.8. The summed E-state index contributed by atoms with van der Waals surface area (Å²) in [5.41, 5.74) is 0. The average molecular weight is 391 g/mol. The van der Waals surface area contributed by atoms with E-state index in [1.54, 1.807) is 6.92 Å². The highest BCUT2D eigenvalue weighted by molar-refractivity contribution is 7.89. The third kappa shape index (κ3) is 23.7. The standard InChI is InChI=1S/C14H32N2O6S.C2H6.2H2/c1-3-15-5-7-19-9-11-21-13-14-22-12-10-20-8-6-16-23(17,18)4-2;1-2;;/h15-16H,3-14H2,1-2H3;1-2H3;2*1H. The molecule has 0 radical (unpaired) electrons. The minimum atomic E-state index is -3.13. The fraction of sp³-hybridized carbons (Fsp3) is 1.00. The van der Waals surface area contributed by atoms with Gasteiger partial charge < -0.3 is 24.3 Å². The first-order valence-electron chi connectivity index (χ1n) is 9.11. The second-order valence-electron chi connectivity index (χ2n) is 4.60. The minimum absolute atomic E-state index is 0. The zero-order chi connectivity index (χ0) is 19.2. The molecule has 2 N–H and O–H groups in total. The van der Waals surface area contributed by atoms with Crippen molar-refractivity contribution in [3.05, 3.63) is 0 Å². The van der Waals surface area contributed by atoms with E-state index in [9.17, 15) is 8.42 Å². The van der Waals surface area contributed by atoms with Gasteiger partial charge in [-0.05, 0) is 13.5 Å². The van der Waals surface area contributed by atoms with Gasteiger partial charge in [0.2, 0.25) is 10.0 Å². The Morgan fingerprint density at radius 2 is 1.12 bits per heavy atom. The van der Waals surface area contributed by atoms with E-state index in [0.717, 1.165) is 13.1 Å². The first-order valence-corrected chi connectivity index (χ1v) is 10.8. The fourth-order valence-corrected chi connectivity index (χ4v) is 2.05. The predicted molar refractivity (Wildman–Crippen MR) is 105 cm³/mol. The van der Waals surface area contributed by atoms with E-state index in [1.165, 1.54) is 0 Å². The van der Waals surface area contributed by atoms with Crippen molar-refractivity contribution in [2.45, 2.75) is 27.7 Å². The van der Waals surface area contributed by atoms with Crippen molar-refractivity contribution >= 4 is 10.0 Å². The number of hydrogen-bond donors (Lipinski definition) is 2. The van der Waals surface area contributed by atoms with E-state index in [2.05, 4.69) is 17.0 Å². The normalized spacial score (nSPS) is 11.2. The maximum absolute atomic E-state index is 11.1. The Kier molecular flexibility index (Phi) is 23.4. The molecule has 0 rings (SSSR count). The molecule has 0 unspecified atom stereocenters. The number of likely N-dealkylation sites (N-methyl/N-ethyl adjacent to an activating group) is 1. The van der Waals surface area contributed by atoms with Gasteiger partial charge in [-0.25, -0.2) is 13.1 Å². The molecule has 0 heterocycles. The molecule has 8 nitrogen and oxygen atoms in total. The van der Waals surface area contributed by atoms with Gasteiger partial charge in [0.1, 0.15) is 0 Å². The fourth-order valence-electron chi connectivity index (χ4n) is 1.45. The van der Waals surface area contributed by atoms with Crippen LogP contribution in [0.15, 0.2) is 0 Å². The van der Waals surface area contributed by atoms with Crippen LogP contribution in [-0.4, -0.2) is 86.7 Å². The summed E-state index contributed by atoms with van der Waals surface area (Å²) >= 11 is 0. The molecule has 0 atom stereocenters. The SMILES string of the molecule is CC.CCNCCOCCOCCOCCOCCNS(=O)(=O)CC.[HH].[HH]. The topological polar surface area (TPSA) is 95.1 Å². The highest BCUT2D eigenvalue weighted by Gasteiger charge is 2.04. The third-order valence-corrected chi connectivity index (χ3v) is 4.14. The van der Waals surface area contributed by atoms with E-state index < -0.39 is 10.0 Å². The highest BCUT2D eigenvalue weighted by atomic mass is 32.2. The van der Waals surface area contributed by atoms with E-state index in [4.69, 9.17) is 18.9 Å². The van der Waals surface area contributed by atoms with Crippen LogP contribution in [0.1, 0.15) is 30.5 Å². The number of rotatable bonds is 18. The van der Waals surface area contributed by atoms with Crippen LogP contribution in [0.3, 0.4) is 0 Å². The molecule has 0 aliphatic rings. The minimum Gasteiger partial charge on any atom is -0.378 e. The summed E-state index contributed by atoms with van der Waals surface area (Å²) in [5.74, 6) is 0.0801. The quantitative estimate of drug-likeness (QED) is 0.339. The van der Waals surface area contributed by atoms with Crippen LogP contribution in [0.2, 0.25) is 0 Å². The molecule has 0 saturated carbocycles. The Morgan fingerprint density at radius 3 is 1.52 bits per heavy atom. The van der Waals surface area contributed by atoms with Gasteiger partial charge in [0.05, 0.1) is 58.6 Å². The molecule has 0 bridgehead atoms. The number of ether oxygens (including phenoxy) is 4. The zero-order valence-corrected chi connectivity index (χ0v) is 17.2. The Bertz CT molecular complexity index is 352. The van der Waals surface area contributed by atoms with Crippen molar-refractivity contribution in [2.24, 2.45) is 0 Å². The zero-order valence-electron chi connectivity index (χ0n) is 16.3. The molecular formula is C16H42N2O6S. The summed E-state index contributed by atoms with van der Waals surface area (Å²) in [6.07, 6.45) is 0. The van der Waals surface area contributed by atoms with Crippen molar-refractivity contribution in [3.8, 4) is 0 Å². The van der Waals surface area contributed by atoms with Crippen LogP contribution >= 0.6 is 0 Å². The van der Waals surface area contributed by atoms with Gasteiger partial charge in [0.25, 0.3) is 0 Å². The Hall–Kier alpha value is -0.290. The first kappa shape index (κ1) is 26.9. The number of sulfonamides is 1. The van der Waals surface area contributed by atoms with Crippen LogP contribution in [0.5, 0.6) is 0 Å². The lowest BCUT2D eigenvalue weighted by molar-refractivity contribution is -0.000783. The molecular weight excluding hydrogens is 348 g/mol. The lowest BCUT2D eigenvalue weighted by atomic mass is 10.6. The molecule has 0 aliphatic heterocycles. The van der Waals surface area contributed by atoms with E-state index >= 15 is 0 Å². The summed E-state index contributed by atoms with van der Waals surface area (Å²) in [4.78, 5) is 0. The van der Waals surface area contributed by atoms with Gasteiger partial charge in [-0.15, -0.1) is 0 Å². The van der Waals surface area contributed by atoms with Gasteiger partial charge in [0.15, 0.2) is 0 Å². The Morgan fingerprint density at radius 1 is 0.720 bits per heavy atom. The van der Waals surface area contributed by atoms with Gasteiger partial charge >= 0.3 is 0 Å². The first-order chi connectivity index (χ1) is 12.1. The maximum atomic E-state index is 11.1. The molecule has 0 spiro atoms. The summed E-state index contributed by atoms with van der Waals surface area (Å²) in [7, 11) is -3.13. The molecule has 0 aromatic heterocycles. The highest BCUT2D eigenvalue weighted by Crippen LogP contribution is 1.84. The van der Waals surface area contributed by atoms with Crippen LogP contribution in [0.25, 0.3) is 0 Å². The van der Waals surface area contributed by atoms with Crippen molar-refractivity contribution in [2.75, 3.05) is 78.2 Å². The monoisotopic (exact) mass is 390 g/mol. The molecule has 0 aromatic rings. The molecule has 25 heavy (non-hydrogen) atoms. The third-order valence-electron chi connectivity index (χ3n) is 2.74. The maximum Gasteiger partial charge on any atom is 0.211 e. The molecule has 0 aliphatic carbocycles. The average Bonchev–Trinajstić information content (AvgIpc) is 2.63. The predicted octanol–water partition coefficient (Wildman–Crippen LogP) is 1.12. The van der Waals surface area contributed by atoms with Gasteiger partial charge in [0, 0.05) is 15.9 Å². The Balaban J connectivity index is -0.000000637. The molecule has 0 fully saturated rings. The smallest absolute Gasteiger partial charge is 0.211 e. The van der Waals surface area contributed by atoms with Crippen molar-refractivity contribution < 1.29 is 30.2 Å². The lowest BCUT2D eigenvalue weighted by Crippen LogP contribution is -2.29. The summed E-state index contributed by atoms with van der Waals surface area (Å²) < 4.78 is 46.0. The summed E-state index contributed by atoms with van der Waals surface area (Å²) in [5, 5.41) is 3.17. The molecule has 0 amide bonds. The largest absolute Gasteiger partial charge is 0.378 e. The molecule has 158 valence electrons.